The Morgan fingerprint density at radius 3 is 2.56 bits per heavy atom. The molecule has 0 spiro atoms. The van der Waals surface area contributed by atoms with Crippen LogP contribution in [0.5, 0.6) is 0 Å². The van der Waals surface area contributed by atoms with Crippen LogP contribution < -0.4 is 0 Å². The van der Waals surface area contributed by atoms with E-state index in [1.807, 2.05) is 4.90 Å². The molecule has 0 aliphatic heterocycles. The fraction of sp³-hybridized carbons (Fsp3) is 0.571. The van der Waals surface area contributed by atoms with E-state index in [2.05, 4.69) is 20.9 Å². The number of hydrogen-bond donors (Lipinski definition) is 0. The highest BCUT2D eigenvalue weighted by molar-refractivity contribution is 9.09. The average Bonchev–Trinajstić information content (AvgIpc) is 2.46. The molecule has 0 N–H and O–H groups in total. The molecule has 1 aliphatic rings. The van der Waals surface area contributed by atoms with Crippen molar-refractivity contribution in [1.29, 1.82) is 0 Å². The number of carbonyl (C=O) groups is 1. The molecule has 1 amide bonds. The molecule has 1 aromatic heterocycles. The summed E-state index contributed by atoms with van der Waals surface area (Å²) in [6.07, 6.45) is 9.44. The number of amides is 1. The Kier molecular flexibility index (Phi) is 5.17. The van der Waals surface area contributed by atoms with Crippen LogP contribution in [0.15, 0.2) is 24.5 Å². The molecular formula is C14H19BrN2O. The Morgan fingerprint density at radius 1 is 1.28 bits per heavy atom. The van der Waals surface area contributed by atoms with E-state index in [0.29, 0.717) is 6.04 Å². The van der Waals surface area contributed by atoms with Gasteiger partial charge < -0.3 is 4.90 Å². The number of alkyl halides is 1. The molecule has 3 nitrogen and oxygen atoms in total. The smallest absolute Gasteiger partial charge is 0.254 e. The Hall–Kier alpha value is -0.900. The summed E-state index contributed by atoms with van der Waals surface area (Å²) < 4.78 is 0. The van der Waals surface area contributed by atoms with E-state index in [1.165, 1.54) is 19.3 Å². The van der Waals surface area contributed by atoms with Gasteiger partial charge in [-0.2, -0.15) is 0 Å². The topological polar surface area (TPSA) is 33.2 Å². The summed E-state index contributed by atoms with van der Waals surface area (Å²) in [6, 6.07) is 4.01. The maximum absolute atomic E-state index is 12.5. The molecule has 2 rings (SSSR count). The van der Waals surface area contributed by atoms with Gasteiger partial charge in [0.1, 0.15) is 0 Å². The van der Waals surface area contributed by atoms with Gasteiger partial charge >= 0.3 is 0 Å². The molecule has 1 fully saturated rings. The highest BCUT2D eigenvalue weighted by Gasteiger charge is 2.25. The predicted octanol–water partition coefficient (Wildman–Crippen LogP) is 3.25. The molecule has 4 heteroatoms. The van der Waals surface area contributed by atoms with Gasteiger partial charge in [-0.1, -0.05) is 35.2 Å². The number of nitrogens with zero attached hydrogens (tertiary/aromatic N) is 2. The van der Waals surface area contributed by atoms with Crippen molar-refractivity contribution in [2.24, 2.45) is 0 Å². The number of pyridine rings is 1. The SMILES string of the molecule is O=C(c1ccncc1)N(CCBr)C1CCCCC1. The lowest BCUT2D eigenvalue weighted by Gasteiger charge is -2.34. The van der Waals surface area contributed by atoms with Gasteiger partial charge in [-0.25, -0.2) is 0 Å². The second-order valence-corrected chi connectivity index (χ2v) is 5.51. The zero-order valence-corrected chi connectivity index (χ0v) is 12.1. The van der Waals surface area contributed by atoms with Crippen molar-refractivity contribution in [2.75, 3.05) is 11.9 Å². The fourth-order valence-electron chi connectivity index (χ4n) is 2.59. The van der Waals surface area contributed by atoms with Crippen LogP contribution in [0.3, 0.4) is 0 Å². The van der Waals surface area contributed by atoms with Crippen molar-refractivity contribution in [3.8, 4) is 0 Å². The van der Waals surface area contributed by atoms with Crippen LogP contribution in [-0.4, -0.2) is 33.7 Å². The lowest BCUT2D eigenvalue weighted by atomic mass is 9.94. The largest absolute Gasteiger partial charge is 0.335 e. The van der Waals surface area contributed by atoms with Crippen molar-refractivity contribution in [3.63, 3.8) is 0 Å². The monoisotopic (exact) mass is 310 g/mol. The van der Waals surface area contributed by atoms with Crippen LogP contribution in [0.4, 0.5) is 0 Å². The van der Waals surface area contributed by atoms with Crippen LogP contribution in [0, 0.1) is 0 Å². The molecule has 0 saturated heterocycles. The minimum absolute atomic E-state index is 0.142. The van der Waals surface area contributed by atoms with Crippen molar-refractivity contribution in [3.05, 3.63) is 30.1 Å². The third-order valence-corrected chi connectivity index (χ3v) is 3.88. The van der Waals surface area contributed by atoms with Gasteiger partial charge in [0.2, 0.25) is 0 Å². The van der Waals surface area contributed by atoms with Crippen LogP contribution in [0.25, 0.3) is 0 Å². The average molecular weight is 311 g/mol. The minimum atomic E-state index is 0.142. The fourth-order valence-corrected chi connectivity index (χ4v) is 2.98. The molecule has 1 aliphatic carbocycles. The first-order chi connectivity index (χ1) is 8.83. The number of halogens is 1. The number of carbonyl (C=O) groups excluding carboxylic acids is 1. The Balaban J connectivity index is 2.11. The van der Waals surface area contributed by atoms with Gasteiger partial charge in [0.05, 0.1) is 0 Å². The van der Waals surface area contributed by atoms with Crippen LogP contribution in [0.2, 0.25) is 0 Å². The lowest BCUT2D eigenvalue weighted by Crippen LogP contribution is -2.42. The molecule has 98 valence electrons. The minimum Gasteiger partial charge on any atom is -0.335 e. The third-order valence-electron chi connectivity index (χ3n) is 3.53. The van der Waals surface area contributed by atoms with E-state index in [1.54, 1.807) is 24.5 Å². The molecular weight excluding hydrogens is 292 g/mol. The third kappa shape index (κ3) is 3.31. The van der Waals surface area contributed by atoms with Gasteiger partial charge in [0.15, 0.2) is 0 Å². The summed E-state index contributed by atoms with van der Waals surface area (Å²) in [5, 5.41) is 0.834. The molecule has 1 heterocycles. The lowest BCUT2D eigenvalue weighted by molar-refractivity contribution is 0.0651. The van der Waals surface area contributed by atoms with E-state index >= 15 is 0 Å². The van der Waals surface area contributed by atoms with Crippen molar-refractivity contribution < 1.29 is 4.79 Å². The van der Waals surface area contributed by atoms with Crippen LogP contribution >= 0.6 is 15.9 Å². The molecule has 0 atom stereocenters. The van der Waals surface area contributed by atoms with Gasteiger partial charge in [0.25, 0.3) is 5.91 Å². The maximum atomic E-state index is 12.5. The highest BCUT2D eigenvalue weighted by Crippen LogP contribution is 2.24. The van der Waals surface area contributed by atoms with E-state index < -0.39 is 0 Å². The molecule has 1 aromatic rings. The van der Waals surface area contributed by atoms with Crippen LogP contribution in [0.1, 0.15) is 42.5 Å². The van der Waals surface area contributed by atoms with Crippen molar-refractivity contribution in [2.45, 2.75) is 38.1 Å². The zero-order valence-electron chi connectivity index (χ0n) is 10.5. The molecule has 0 unspecified atom stereocenters. The maximum Gasteiger partial charge on any atom is 0.254 e. The normalized spacial score (nSPS) is 16.5. The van der Waals surface area contributed by atoms with Gasteiger partial charge in [-0.05, 0) is 25.0 Å². The first-order valence-corrected chi connectivity index (χ1v) is 7.72. The summed E-state index contributed by atoms with van der Waals surface area (Å²) in [6.45, 7) is 0.784. The van der Waals surface area contributed by atoms with Crippen LogP contribution in [-0.2, 0) is 0 Å². The second-order valence-electron chi connectivity index (χ2n) is 4.72. The van der Waals surface area contributed by atoms with Gasteiger partial charge in [-0.3, -0.25) is 9.78 Å². The van der Waals surface area contributed by atoms with E-state index in [4.69, 9.17) is 0 Å². The number of aromatic nitrogens is 1. The first kappa shape index (κ1) is 13.5. The Labute approximate surface area is 117 Å². The van der Waals surface area contributed by atoms with E-state index in [-0.39, 0.29) is 5.91 Å². The molecule has 0 radical (unpaired) electrons. The Bertz CT molecular complexity index is 377. The number of rotatable bonds is 4. The summed E-state index contributed by atoms with van der Waals surface area (Å²) in [7, 11) is 0. The molecule has 18 heavy (non-hydrogen) atoms. The predicted molar refractivity (Wildman–Crippen MR) is 75.9 cm³/mol. The number of hydrogen-bond acceptors (Lipinski definition) is 2. The van der Waals surface area contributed by atoms with Gasteiger partial charge in [0, 0.05) is 35.9 Å². The summed E-state index contributed by atoms with van der Waals surface area (Å²) in [4.78, 5) is 18.5. The van der Waals surface area contributed by atoms with Crippen molar-refractivity contribution in [1.82, 2.24) is 9.88 Å². The summed E-state index contributed by atoms with van der Waals surface area (Å²) in [5.41, 5.74) is 0.747. The van der Waals surface area contributed by atoms with E-state index in [9.17, 15) is 4.79 Å². The second kappa shape index (κ2) is 6.88. The molecule has 0 bridgehead atoms. The molecule has 0 aromatic carbocycles. The van der Waals surface area contributed by atoms with E-state index in [0.717, 1.165) is 30.3 Å². The molecule has 1 saturated carbocycles. The zero-order chi connectivity index (χ0) is 12.8. The standard InChI is InChI=1S/C14H19BrN2O/c15-8-11-17(13-4-2-1-3-5-13)14(18)12-6-9-16-10-7-12/h6-7,9-10,13H,1-5,8,11H2. The summed E-state index contributed by atoms with van der Waals surface area (Å²) in [5.74, 6) is 0.142. The summed E-state index contributed by atoms with van der Waals surface area (Å²) >= 11 is 3.45. The van der Waals surface area contributed by atoms with Gasteiger partial charge in [-0.15, -0.1) is 0 Å². The quantitative estimate of drug-likeness (QED) is 0.800. The Morgan fingerprint density at radius 2 is 1.94 bits per heavy atom. The first-order valence-electron chi connectivity index (χ1n) is 6.60. The highest BCUT2D eigenvalue weighted by atomic mass is 79.9. The van der Waals surface area contributed by atoms with Crippen molar-refractivity contribution >= 4 is 21.8 Å².